The molecule has 0 spiro atoms. The minimum Gasteiger partial charge on any atom is -0.224 e. The van der Waals surface area contributed by atoms with Gasteiger partial charge in [0, 0.05) is 17.9 Å². The average molecular weight is 280 g/mol. The van der Waals surface area contributed by atoms with Gasteiger partial charge in [-0.1, -0.05) is 11.6 Å². The van der Waals surface area contributed by atoms with Crippen LogP contribution in [0.3, 0.4) is 0 Å². The van der Waals surface area contributed by atoms with E-state index >= 15 is 0 Å². The molecule has 0 unspecified atom stereocenters. The van der Waals surface area contributed by atoms with Crippen molar-refractivity contribution in [1.82, 2.24) is 0 Å². The highest BCUT2D eigenvalue weighted by atomic mass is 35.5. The Morgan fingerprint density at radius 3 is 2.50 bits per heavy atom. The maximum Gasteiger partial charge on any atom is 0.243 e. The van der Waals surface area contributed by atoms with Gasteiger partial charge >= 0.3 is 0 Å². The molecule has 18 heavy (non-hydrogen) atoms. The Morgan fingerprint density at radius 1 is 1.22 bits per heavy atom. The Balaban J connectivity index is 2.29. The van der Waals surface area contributed by atoms with E-state index in [4.69, 9.17) is 16.9 Å². The fraction of sp³-hybridized carbons (Fsp3) is 0.429. The molecule has 0 aromatic heterocycles. The molecule has 1 aromatic carbocycles. The number of hydrogen-bond donors (Lipinski definition) is 0. The minimum absolute atomic E-state index is 0.495. The van der Waals surface area contributed by atoms with Gasteiger partial charge in [0.15, 0.2) is 0 Å². The number of piperidine rings is 1. The number of rotatable bonds is 2. The van der Waals surface area contributed by atoms with Gasteiger partial charge in [0.25, 0.3) is 0 Å². The number of hydrogen-bond acceptors (Lipinski definition) is 2. The first kappa shape index (κ1) is 13.5. The topological polar surface area (TPSA) is 26.8 Å². The van der Waals surface area contributed by atoms with Crippen LogP contribution in [0.5, 0.6) is 0 Å². The molecule has 4 heteroatoms. The van der Waals surface area contributed by atoms with E-state index in [0.29, 0.717) is 5.75 Å². The van der Waals surface area contributed by atoms with E-state index in [2.05, 4.69) is 10.6 Å². The van der Waals surface area contributed by atoms with Gasteiger partial charge in [-0.3, -0.25) is 0 Å². The second-order valence-corrected chi connectivity index (χ2v) is 5.71. The number of benzene rings is 1. The predicted octanol–water partition coefficient (Wildman–Crippen LogP) is 3.54. The summed E-state index contributed by atoms with van der Waals surface area (Å²) in [4.78, 5) is 0. The first-order valence-electron chi connectivity index (χ1n) is 6.19. The van der Waals surface area contributed by atoms with Gasteiger partial charge in [0.2, 0.25) is 5.04 Å². The van der Waals surface area contributed by atoms with Crippen molar-refractivity contribution < 1.29 is 4.58 Å². The molecule has 0 bridgehead atoms. The van der Waals surface area contributed by atoms with Crippen LogP contribution in [0.25, 0.3) is 0 Å². The summed E-state index contributed by atoms with van der Waals surface area (Å²) in [6.45, 7) is 2.19. The highest BCUT2D eigenvalue weighted by molar-refractivity contribution is 8.14. The molecule has 1 heterocycles. The van der Waals surface area contributed by atoms with Gasteiger partial charge in [0.1, 0.15) is 13.1 Å². The van der Waals surface area contributed by atoms with Crippen molar-refractivity contribution in [1.29, 1.82) is 5.26 Å². The lowest BCUT2D eigenvalue weighted by molar-refractivity contribution is -0.534. The zero-order valence-electron chi connectivity index (χ0n) is 10.2. The Labute approximate surface area is 117 Å². The van der Waals surface area contributed by atoms with Gasteiger partial charge in [-0.05, 0) is 42.4 Å². The van der Waals surface area contributed by atoms with Gasteiger partial charge in [-0.2, -0.15) is 5.26 Å². The summed E-state index contributed by atoms with van der Waals surface area (Å²) in [5.74, 6) is 0.495. The molecule has 1 aliphatic rings. The van der Waals surface area contributed by atoms with Crippen molar-refractivity contribution >= 4 is 28.4 Å². The van der Waals surface area contributed by atoms with E-state index in [1.165, 1.54) is 29.9 Å². The number of thioether (sulfide) groups is 1. The quantitative estimate of drug-likeness (QED) is 0.611. The van der Waals surface area contributed by atoms with Crippen molar-refractivity contribution in [3.63, 3.8) is 0 Å². The fourth-order valence-corrected chi connectivity index (χ4v) is 3.14. The lowest BCUT2D eigenvalue weighted by Crippen LogP contribution is -2.26. The highest BCUT2D eigenvalue weighted by Crippen LogP contribution is 2.18. The van der Waals surface area contributed by atoms with Gasteiger partial charge in [-0.25, -0.2) is 4.58 Å². The van der Waals surface area contributed by atoms with Crippen LogP contribution in [-0.4, -0.2) is 28.5 Å². The van der Waals surface area contributed by atoms with E-state index in [1.807, 2.05) is 24.3 Å². The Kier molecular flexibility index (Phi) is 5.10. The van der Waals surface area contributed by atoms with Gasteiger partial charge in [-0.15, -0.1) is 0 Å². The van der Waals surface area contributed by atoms with Crippen LogP contribution >= 0.6 is 23.4 Å². The fourth-order valence-electron chi connectivity index (χ4n) is 2.15. The summed E-state index contributed by atoms with van der Waals surface area (Å²) in [6.07, 6.45) is 3.79. The first-order chi connectivity index (χ1) is 8.81. The van der Waals surface area contributed by atoms with Crippen molar-refractivity contribution in [2.75, 3.05) is 18.8 Å². The molecule has 1 aromatic rings. The third-order valence-corrected chi connectivity index (χ3v) is 4.30. The monoisotopic (exact) mass is 279 g/mol. The molecular weight excluding hydrogens is 264 g/mol. The summed E-state index contributed by atoms with van der Waals surface area (Å²) in [7, 11) is 0. The van der Waals surface area contributed by atoms with Crippen LogP contribution in [0.1, 0.15) is 24.8 Å². The molecule has 0 atom stereocenters. The van der Waals surface area contributed by atoms with Crippen LogP contribution in [0.2, 0.25) is 5.02 Å². The largest absolute Gasteiger partial charge is 0.243 e. The van der Waals surface area contributed by atoms with Crippen LogP contribution in [0, 0.1) is 11.3 Å². The van der Waals surface area contributed by atoms with Gasteiger partial charge in [0.05, 0.1) is 17.4 Å². The zero-order chi connectivity index (χ0) is 12.8. The third kappa shape index (κ3) is 3.51. The first-order valence-corrected chi connectivity index (χ1v) is 7.55. The molecule has 2 rings (SSSR count). The lowest BCUT2D eigenvalue weighted by atomic mass is 10.1. The normalized spacial score (nSPS) is 15.2. The van der Waals surface area contributed by atoms with E-state index in [1.54, 1.807) is 11.8 Å². The summed E-state index contributed by atoms with van der Waals surface area (Å²) in [5.41, 5.74) is 1.17. The average Bonchev–Trinajstić information content (AvgIpc) is 2.42. The lowest BCUT2D eigenvalue weighted by Gasteiger charge is -2.13. The molecular formula is C14H16ClN2S+. The summed E-state index contributed by atoms with van der Waals surface area (Å²) in [6, 6.07) is 10.1. The van der Waals surface area contributed by atoms with E-state index in [0.717, 1.165) is 18.1 Å². The summed E-state index contributed by atoms with van der Waals surface area (Å²) < 4.78 is 2.40. The molecule has 1 aliphatic heterocycles. The molecule has 0 amide bonds. The smallest absolute Gasteiger partial charge is 0.224 e. The third-order valence-electron chi connectivity index (χ3n) is 3.01. The second kappa shape index (κ2) is 6.82. The predicted molar refractivity (Wildman–Crippen MR) is 77.5 cm³/mol. The number of nitriles is 1. The Morgan fingerprint density at radius 2 is 1.89 bits per heavy atom. The molecule has 2 nitrogen and oxygen atoms in total. The van der Waals surface area contributed by atoms with Crippen LogP contribution in [-0.2, 0) is 0 Å². The molecule has 1 saturated heterocycles. The molecule has 0 N–H and O–H groups in total. The molecule has 1 fully saturated rings. The highest BCUT2D eigenvalue weighted by Gasteiger charge is 2.20. The maximum absolute atomic E-state index is 8.78. The van der Waals surface area contributed by atoms with E-state index < -0.39 is 0 Å². The minimum atomic E-state index is 0.495. The van der Waals surface area contributed by atoms with Crippen molar-refractivity contribution in [2.45, 2.75) is 19.3 Å². The van der Waals surface area contributed by atoms with Crippen molar-refractivity contribution in [3.8, 4) is 6.07 Å². The molecule has 0 saturated carbocycles. The molecule has 0 radical (unpaired) electrons. The standard InChI is InChI=1S/C14H16ClN2S/c15-13-6-4-12(5-7-13)14(18-11-8-16)17-9-2-1-3-10-17/h4-7H,1-3,9-11H2/q+1. The van der Waals surface area contributed by atoms with Crippen LogP contribution in [0.4, 0.5) is 0 Å². The van der Waals surface area contributed by atoms with Crippen LogP contribution in [0.15, 0.2) is 24.3 Å². The van der Waals surface area contributed by atoms with Crippen molar-refractivity contribution in [2.24, 2.45) is 0 Å². The van der Waals surface area contributed by atoms with Gasteiger partial charge < -0.3 is 0 Å². The van der Waals surface area contributed by atoms with Crippen LogP contribution < -0.4 is 0 Å². The maximum atomic E-state index is 8.78. The number of halogens is 1. The number of nitrogens with zero attached hydrogens (tertiary/aromatic N) is 2. The SMILES string of the molecule is N#CCSC(c1ccc(Cl)cc1)=[N+]1CCCCC1. The molecule has 0 aliphatic carbocycles. The summed E-state index contributed by atoms with van der Waals surface area (Å²) >= 11 is 7.55. The molecule has 94 valence electrons. The Bertz CT molecular complexity index is 466. The second-order valence-electron chi connectivity index (χ2n) is 4.31. The van der Waals surface area contributed by atoms with Crippen molar-refractivity contribution in [3.05, 3.63) is 34.9 Å². The van der Waals surface area contributed by atoms with E-state index in [9.17, 15) is 0 Å². The van der Waals surface area contributed by atoms with E-state index in [-0.39, 0.29) is 0 Å². The Hall–Kier alpha value is -0.980. The zero-order valence-corrected chi connectivity index (χ0v) is 11.8. The summed E-state index contributed by atoms with van der Waals surface area (Å²) in [5, 5.41) is 10.7.